The van der Waals surface area contributed by atoms with Crippen LogP contribution in [-0.2, 0) is 22.9 Å². The number of ether oxygens (including phenoxy) is 1. The molecule has 0 N–H and O–H groups in total. The van der Waals surface area contributed by atoms with Crippen molar-refractivity contribution in [2.24, 2.45) is 0 Å². The molecule has 1 aliphatic heterocycles. The average Bonchev–Trinajstić information content (AvgIpc) is 3.03. The van der Waals surface area contributed by atoms with Crippen LogP contribution in [0.15, 0.2) is 47.6 Å². The lowest BCUT2D eigenvalue weighted by Gasteiger charge is -2.15. The van der Waals surface area contributed by atoms with E-state index in [1.165, 1.54) is 13.2 Å². The standard InChI is InChI=1S/C21H17Cl2N3O4S/c1-30-17-8-13(15(22)9-16(17)23)18-14-11-26(10-12-6-4-3-5-7-12)20(27)19(14)25-21(24-18)31(2,28)29/h3-9H,10-11H2,1-2H3. The van der Waals surface area contributed by atoms with E-state index in [0.29, 0.717) is 28.4 Å². The number of sulfone groups is 1. The summed E-state index contributed by atoms with van der Waals surface area (Å²) in [5.41, 5.74) is 2.15. The molecule has 0 aliphatic carbocycles. The van der Waals surface area contributed by atoms with E-state index in [1.54, 1.807) is 11.0 Å². The zero-order valence-electron chi connectivity index (χ0n) is 16.6. The molecular formula is C21H17Cl2N3O4S. The van der Waals surface area contributed by atoms with Crippen LogP contribution in [-0.4, -0.2) is 42.6 Å². The van der Waals surface area contributed by atoms with Gasteiger partial charge in [0.2, 0.25) is 15.0 Å². The zero-order chi connectivity index (χ0) is 22.3. The van der Waals surface area contributed by atoms with Gasteiger partial charge in [-0.25, -0.2) is 18.4 Å². The molecule has 4 rings (SSSR count). The van der Waals surface area contributed by atoms with Crippen LogP contribution in [0.1, 0.15) is 21.6 Å². The summed E-state index contributed by atoms with van der Waals surface area (Å²) in [5.74, 6) is -0.0238. The molecule has 0 radical (unpaired) electrons. The molecule has 7 nitrogen and oxygen atoms in total. The summed E-state index contributed by atoms with van der Waals surface area (Å²) in [7, 11) is -2.33. The summed E-state index contributed by atoms with van der Waals surface area (Å²) in [5, 5.41) is 0.105. The summed E-state index contributed by atoms with van der Waals surface area (Å²) in [4.78, 5) is 23.0. The van der Waals surface area contributed by atoms with Crippen molar-refractivity contribution >= 4 is 38.9 Å². The van der Waals surface area contributed by atoms with Gasteiger partial charge in [-0.05, 0) is 17.7 Å². The molecule has 31 heavy (non-hydrogen) atoms. The normalized spacial score (nSPS) is 13.4. The minimum absolute atomic E-state index is 0.0475. The Labute approximate surface area is 189 Å². The highest BCUT2D eigenvalue weighted by atomic mass is 35.5. The van der Waals surface area contributed by atoms with Gasteiger partial charge in [-0.15, -0.1) is 0 Å². The fourth-order valence-corrected chi connectivity index (χ4v) is 4.45. The Hall–Kier alpha value is -2.68. The highest BCUT2D eigenvalue weighted by Crippen LogP contribution is 2.40. The lowest BCUT2D eigenvalue weighted by molar-refractivity contribution is 0.0762. The first-order valence-electron chi connectivity index (χ1n) is 9.16. The van der Waals surface area contributed by atoms with Crippen LogP contribution < -0.4 is 4.74 Å². The smallest absolute Gasteiger partial charge is 0.273 e. The largest absolute Gasteiger partial charge is 0.495 e. The summed E-state index contributed by atoms with van der Waals surface area (Å²) in [6.45, 7) is 0.561. The Morgan fingerprint density at radius 3 is 2.39 bits per heavy atom. The van der Waals surface area contributed by atoms with E-state index < -0.39 is 15.0 Å². The summed E-state index contributed by atoms with van der Waals surface area (Å²) in [6.07, 6.45) is 0.990. The first kappa shape index (κ1) is 21.5. The van der Waals surface area contributed by atoms with Crippen LogP contribution in [0.2, 0.25) is 10.0 Å². The predicted molar refractivity (Wildman–Crippen MR) is 117 cm³/mol. The number of amides is 1. The SMILES string of the molecule is COc1cc(-c2nc(S(C)(=O)=O)nc3c2CN(Cc2ccccc2)C3=O)c(Cl)cc1Cl. The van der Waals surface area contributed by atoms with Crippen molar-refractivity contribution in [3.8, 4) is 17.0 Å². The first-order chi connectivity index (χ1) is 14.7. The van der Waals surface area contributed by atoms with Gasteiger partial charge in [0.05, 0.1) is 29.4 Å². The molecule has 0 atom stereocenters. The first-order valence-corrected chi connectivity index (χ1v) is 11.8. The number of aromatic nitrogens is 2. The van der Waals surface area contributed by atoms with Crippen molar-refractivity contribution < 1.29 is 17.9 Å². The van der Waals surface area contributed by atoms with Gasteiger partial charge in [-0.1, -0.05) is 53.5 Å². The molecule has 0 saturated heterocycles. The molecule has 1 amide bonds. The van der Waals surface area contributed by atoms with E-state index >= 15 is 0 Å². The lowest BCUT2D eigenvalue weighted by Crippen LogP contribution is -2.23. The third kappa shape index (κ3) is 4.11. The molecule has 0 bridgehead atoms. The van der Waals surface area contributed by atoms with E-state index in [1.807, 2.05) is 30.3 Å². The lowest BCUT2D eigenvalue weighted by atomic mass is 10.1. The average molecular weight is 478 g/mol. The molecule has 160 valence electrons. The van der Waals surface area contributed by atoms with E-state index in [-0.39, 0.29) is 28.9 Å². The van der Waals surface area contributed by atoms with Crippen LogP contribution in [0.25, 0.3) is 11.3 Å². The maximum Gasteiger partial charge on any atom is 0.273 e. The fourth-order valence-electron chi connectivity index (χ4n) is 3.39. The Kier molecular flexibility index (Phi) is 5.63. The number of fused-ring (bicyclic) bond motifs is 1. The minimum Gasteiger partial charge on any atom is -0.495 e. The van der Waals surface area contributed by atoms with Crippen LogP contribution in [0, 0.1) is 0 Å². The van der Waals surface area contributed by atoms with Crippen LogP contribution >= 0.6 is 23.2 Å². The van der Waals surface area contributed by atoms with Gasteiger partial charge in [0, 0.05) is 23.9 Å². The summed E-state index contributed by atoms with van der Waals surface area (Å²) < 4.78 is 29.7. The second-order valence-electron chi connectivity index (χ2n) is 7.07. The quantitative estimate of drug-likeness (QED) is 0.515. The molecule has 10 heteroatoms. The Morgan fingerprint density at radius 2 is 1.74 bits per heavy atom. The minimum atomic E-state index is -3.78. The number of halogens is 2. The van der Waals surface area contributed by atoms with Crippen LogP contribution in [0.4, 0.5) is 0 Å². The molecule has 0 unspecified atom stereocenters. The third-order valence-electron chi connectivity index (χ3n) is 4.87. The van der Waals surface area contributed by atoms with Crippen LogP contribution in [0.3, 0.4) is 0 Å². The molecule has 2 aromatic carbocycles. The van der Waals surface area contributed by atoms with Crippen LogP contribution in [0.5, 0.6) is 5.75 Å². The highest BCUT2D eigenvalue weighted by molar-refractivity contribution is 7.90. The number of benzene rings is 2. The van der Waals surface area contributed by atoms with Crippen molar-refractivity contribution in [2.75, 3.05) is 13.4 Å². The van der Waals surface area contributed by atoms with Crippen molar-refractivity contribution in [1.29, 1.82) is 0 Å². The molecule has 2 heterocycles. The maximum atomic E-state index is 13.1. The number of carbonyl (C=O) groups excluding carboxylic acids is 1. The summed E-state index contributed by atoms with van der Waals surface area (Å²) >= 11 is 12.6. The van der Waals surface area contributed by atoms with Crippen molar-refractivity contribution in [3.05, 3.63) is 69.3 Å². The van der Waals surface area contributed by atoms with Gasteiger partial charge >= 0.3 is 0 Å². The number of nitrogens with zero attached hydrogens (tertiary/aromatic N) is 3. The summed E-state index contributed by atoms with van der Waals surface area (Å²) in [6, 6.07) is 12.5. The molecule has 0 fully saturated rings. The van der Waals surface area contributed by atoms with Crippen molar-refractivity contribution in [1.82, 2.24) is 14.9 Å². The third-order valence-corrected chi connectivity index (χ3v) is 6.32. The van der Waals surface area contributed by atoms with Crippen molar-refractivity contribution in [2.45, 2.75) is 18.2 Å². The Morgan fingerprint density at radius 1 is 1.06 bits per heavy atom. The van der Waals surface area contributed by atoms with E-state index in [4.69, 9.17) is 27.9 Å². The molecule has 0 saturated carbocycles. The van der Waals surface area contributed by atoms with Gasteiger partial charge in [0.15, 0.2) is 0 Å². The number of carbonyl (C=O) groups is 1. The predicted octanol–water partition coefficient (Wildman–Crippen LogP) is 4.02. The molecule has 3 aromatic rings. The van der Waals surface area contributed by atoms with Gasteiger partial charge in [0.25, 0.3) is 5.91 Å². The van der Waals surface area contributed by atoms with E-state index in [2.05, 4.69) is 9.97 Å². The maximum absolute atomic E-state index is 13.1. The fraction of sp³-hybridized carbons (Fsp3) is 0.190. The molecular weight excluding hydrogens is 461 g/mol. The van der Waals surface area contributed by atoms with Crippen molar-refractivity contribution in [3.63, 3.8) is 0 Å². The highest BCUT2D eigenvalue weighted by Gasteiger charge is 2.35. The number of hydrogen-bond donors (Lipinski definition) is 0. The molecule has 1 aromatic heterocycles. The Bertz CT molecular complexity index is 1300. The number of methoxy groups -OCH3 is 1. The second-order valence-corrected chi connectivity index (χ2v) is 9.79. The van der Waals surface area contributed by atoms with Gasteiger partial charge in [-0.2, -0.15) is 0 Å². The van der Waals surface area contributed by atoms with Gasteiger partial charge in [-0.3, -0.25) is 4.79 Å². The number of rotatable bonds is 5. The van der Waals surface area contributed by atoms with Gasteiger partial charge < -0.3 is 9.64 Å². The second kappa shape index (κ2) is 8.11. The van der Waals surface area contributed by atoms with Gasteiger partial charge in [0.1, 0.15) is 11.4 Å². The Balaban J connectivity index is 1.88. The van der Waals surface area contributed by atoms with E-state index in [9.17, 15) is 13.2 Å². The zero-order valence-corrected chi connectivity index (χ0v) is 18.9. The molecule has 1 aliphatic rings. The monoisotopic (exact) mass is 477 g/mol. The topological polar surface area (TPSA) is 89.5 Å². The number of hydrogen-bond acceptors (Lipinski definition) is 6. The molecule has 0 spiro atoms. The van der Waals surface area contributed by atoms with E-state index in [0.717, 1.165) is 11.8 Å².